The molecule has 5 nitrogen and oxygen atoms in total. The number of H-pyrrole nitrogens is 1. The molecule has 1 aliphatic rings. The Morgan fingerprint density at radius 2 is 2.30 bits per heavy atom. The first-order chi connectivity index (χ1) is 11.1. The normalized spacial score (nSPS) is 20.6. The molecule has 1 aromatic heterocycles. The van der Waals surface area contributed by atoms with Gasteiger partial charge in [0.05, 0.1) is 6.61 Å². The Balaban J connectivity index is 1.65. The number of halogens is 2. The largest absolute Gasteiger partial charge is 0.378 e. The molecule has 0 aliphatic carbocycles. The van der Waals surface area contributed by atoms with Gasteiger partial charge in [0.1, 0.15) is 23.0 Å². The fourth-order valence-electron chi connectivity index (χ4n) is 2.75. The minimum atomic E-state index is -0.679. The third-order valence-corrected chi connectivity index (χ3v) is 3.98. The third kappa shape index (κ3) is 3.39. The number of rotatable bonds is 5. The summed E-state index contributed by atoms with van der Waals surface area (Å²) in [4.78, 5) is 19.5. The first-order valence-electron chi connectivity index (χ1n) is 7.42. The molecule has 0 bridgehead atoms. The summed E-state index contributed by atoms with van der Waals surface area (Å²) in [7, 11) is 0. The summed E-state index contributed by atoms with van der Waals surface area (Å²) in [6.07, 6.45) is 4.10. The number of benzene rings is 1. The van der Waals surface area contributed by atoms with E-state index in [-0.39, 0.29) is 24.3 Å². The highest BCUT2D eigenvalue weighted by atomic mass is 19.1. The molecule has 1 aliphatic heterocycles. The number of imidazole rings is 1. The van der Waals surface area contributed by atoms with Gasteiger partial charge in [-0.25, -0.2) is 13.8 Å². The van der Waals surface area contributed by atoms with Gasteiger partial charge in [-0.1, -0.05) is 0 Å². The van der Waals surface area contributed by atoms with E-state index in [0.717, 1.165) is 18.2 Å². The zero-order chi connectivity index (χ0) is 16.3. The van der Waals surface area contributed by atoms with E-state index in [2.05, 4.69) is 15.3 Å². The number of hydrogen-bond donors (Lipinski definition) is 2. The lowest BCUT2D eigenvalue weighted by molar-refractivity contribution is -0.123. The number of amides is 1. The second kappa shape index (κ2) is 6.45. The number of nitrogens with zero attached hydrogens (tertiary/aromatic N) is 1. The lowest BCUT2D eigenvalue weighted by Crippen LogP contribution is -2.47. The predicted octanol–water partition coefficient (Wildman–Crippen LogP) is 2.05. The Labute approximate surface area is 132 Å². The average Bonchev–Trinajstić information content (AvgIpc) is 3.20. The molecule has 7 heteroatoms. The fourth-order valence-corrected chi connectivity index (χ4v) is 2.75. The molecule has 3 rings (SSSR count). The Morgan fingerprint density at radius 1 is 1.43 bits per heavy atom. The number of aryl methyl sites for hydroxylation is 1. The fraction of sp³-hybridized carbons (Fsp3) is 0.375. The van der Waals surface area contributed by atoms with Crippen molar-refractivity contribution in [3.63, 3.8) is 0 Å². The van der Waals surface area contributed by atoms with Gasteiger partial charge in [0.2, 0.25) is 5.91 Å². The monoisotopic (exact) mass is 321 g/mol. The smallest absolute Gasteiger partial charge is 0.221 e. The van der Waals surface area contributed by atoms with E-state index in [9.17, 15) is 13.6 Å². The van der Waals surface area contributed by atoms with Crippen molar-refractivity contribution in [2.75, 3.05) is 13.2 Å². The molecule has 0 saturated carbocycles. The first-order valence-corrected chi connectivity index (χ1v) is 7.42. The molecule has 0 radical (unpaired) electrons. The van der Waals surface area contributed by atoms with Crippen molar-refractivity contribution in [2.45, 2.75) is 24.8 Å². The first kappa shape index (κ1) is 15.6. The van der Waals surface area contributed by atoms with E-state index in [1.807, 2.05) is 0 Å². The van der Waals surface area contributed by atoms with Crippen LogP contribution in [0.5, 0.6) is 0 Å². The SMILES string of the molecule is O=C(CCc1cc(F)ccc1F)NC1(c2ncc[nH]2)CCOC1. The van der Waals surface area contributed by atoms with E-state index >= 15 is 0 Å². The zero-order valence-corrected chi connectivity index (χ0v) is 12.4. The van der Waals surface area contributed by atoms with Gasteiger partial charge in [-0.15, -0.1) is 0 Å². The van der Waals surface area contributed by atoms with Crippen LogP contribution < -0.4 is 5.32 Å². The maximum atomic E-state index is 13.6. The van der Waals surface area contributed by atoms with Crippen LogP contribution in [0.15, 0.2) is 30.6 Å². The van der Waals surface area contributed by atoms with Crippen LogP contribution >= 0.6 is 0 Å². The van der Waals surface area contributed by atoms with E-state index in [1.54, 1.807) is 12.4 Å². The summed E-state index contributed by atoms with van der Waals surface area (Å²) >= 11 is 0. The Morgan fingerprint density at radius 3 is 3.00 bits per heavy atom. The van der Waals surface area contributed by atoms with Gasteiger partial charge >= 0.3 is 0 Å². The topological polar surface area (TPSA) is 67.0 Å². The molecular weight excluding hydrogens is 304 g/mol. The van der Waals surface area contributed by atoms with Gasteiger partial charge in [0.15, 0.2) is 0 Å². The Kier molecular flexibility index (Phi) is 4.38. The molecule has 1 fully saturated rings. The van der Waals surface area contributed by atoms with Gasteiger partial charge in [0.25, 0.3) is 0 Å². The van der Waals surface area contributed by atoms with E-state index in [1.165, 1.54) is 0 Å². The molecule has 23 heavy (non-hydrogen) atoms. The van der Waals surface area contributed by atoms with Gasteiger partial charge in [-0.05, 0) is 30.2 Å². The predicted molar refractivity (Wildman–Crippen MR) is 78.5 cm³/mol. The van der Waals surface area contributed by atoms with Crippen LogP contribution in [-0.4, -0.2) is 29.1 Å². The number of aromatic nitrogens is 2. The Bertz CT molecular complexity index is 683. The van der Waals surface area contributed by atoms with Crippen LogP contribution in [0.3, 0.4) is 0 Å². The molecule has 2 heterocycles. The van der Waals surface area contributed by atoms with Crippen molar-refractivity contribution in [3.8, 4) is 0 Å². The van der Waals surface area contributed by atoms with E-state index < -0.39 is 17.2 Å². The molecule has 1 amide bonds. The lowest BCUT2D eigenvalue weighted by atomic mass is 9.97. The maximum absolute atomic E-state index is 13.6. The molecule has 2 N–H and O–H groups in total. The molecule has 1 saturated heterocycles. The van der Waals surface area contributed by atoms with Gasteiger partial charge in [-0.3, -0.25) is 4.79 Å². The van der Waals surface area contributed by atoms with Crippen LogP contribution in [-0.2, 0) is 21.5 Å². The summed E-state index contributed by atoms with van der Waals surface area (Å²) in [5, 5.41) is 2.93. The minimum absolute atomic E-state index is 0.0584. The zero-order valence-electron chi connectivity index (χ0n) is 12.4. The molecule has 1 aromatic carbocycles. The van der Waals surface area contributed by atoms with Crippen LogP contribution in [0.25, 0.3) is 0 Å². The molecule has 1 unspecified atom stereocenters. The summed E-state index contributed by atoms with van der Waals surface area (Å²) in [6, 6.07) is 3.24. The molecular formula is C16H17F2N3O2. The molecule has 122 valence electrons. The quantitative estimate of drug-likeness (QED) is 0.886. The number of carbonyl (C=O) groups excluding carboxylic acids is 1. The summed E-state index contributed by atoms with van der Waals surface area (Å²) in [5.41, 5.74) is -0.490. The number of nitrogens with one attached hydrogen (secondary N) is 2. The number of carbonyl (C=O) groups is 1. The van der Waals surface area contributed by atoms with E-state index in [4.69, 9.17) is 4.74 Å². The van der Waals surface area contributed by atoms with Gasteiger partial charge in [-0.2, -0.15) is 0 Å². The maximum Gasteiger partial charge on any atom is 0.221 e. The number of aromatic amines is 1. The molecule has 2 aromatic rings. The molecule has 0 spiro atoms. The van der Waals surface area contributed by atoms with Crippen molar-refractivity contribution >= 4 is 5.91 Å². The van der Waals surface area contributed by atoms with Crippen molar-refractivity contribution < 1.29 is 18.3 Å². The minimum Gasteiger partial charge on any atom is -0.378 e. The van der Waals surface area contributed by atoms with Crippen molar-refractivity contribution in [1.29, 1.82) is 0 Å². The highest BCUT2D eigenvalue weighted by Gasteiger charge is 2.40. The van der Waals surface area contributed by atoms with Gasteiger partial charge in [0, 0.05) is 31.8 Å². The van der Waals surface area contributed by atoms with Crippen LogP contribution in [0.2, 0.25) is 0 Å². The second-order valence-corrected chi connectivity index (χ2v) is 5.61. The van der Waals surface area contributed by atoms with Crippen LogP contribution in [0, 0.1) is 11.6 Å². The van der Waals surface area contributed by atoms with Crippen molar-refractivity contribution in [3.05, 3.63) is 53.6 Å². The van der Waals surface area contributed by atoms with Crippen molar-refractivity contribution in [1.82, 2.24) is 15.3 Å². The average molecular weight is 321 g/mol. The lowest BCUT2D eigenvalue weighted by Gasteiger charge is -2.26. The highest BCUT2D eigenvalue weighted by molar-refractivity contribution is 5.77. The summed E-state index contributed by atoms with van der Waals surface area (Å²) < 4.78 is 32.1. The van der Waals surface area contributed by atoms with Crippen LogP contribution in [0.1, 0.15) is 24.2 Å². The third-order valence-electron chi connectivity index (χ3n) is 3.98. The molecule has 1 atom stereocenters. The summed E-state index contributed by atoms with van der Waals surface area (Å²) in [6.45, 7) is 0.861. The number of ether oxygens (including phenoxy) is 1. The van der Waals surface area contributed by atoms with Crippen molar-refractivity contribution in [2.24, 2.45) is 0 Å². The highest BCUT2D eigenvalue weighted by Crippen LogP contribution is 2.28. The standard InChI is InChI=1S/C16H17F2N3O2/c17-12-2-3-13(18)11(9-12)1-4-14(22)21-16(5-8-23-10-16)15-19-6-7-20-15/h2-3,6-7,9H,1,4-5,8,10H2,(H,19,20)(H,21,22). The number of hydrogen-bond acceptors (Lipinski definition) is 3. The van der Waals surface area contributed by atoms with Crippen LogP contribution in [0.4, 0.5) is 8.78 Å². The summed E-state index contributed by atoms with van der Waals surface area (Å²) in [5.74, 6) is -0.641. The van der Waals surface area contributed by atoms with Gasteiger partial charge < -0.3 is 15.0 Å². The Hall–Kier alpha value is -2.28. The second-order valence-electron chi connectivity index (χ2n) is 5.61. The van der Waals surface area contributed by atoms with E-state index in [0.29, 0.717) is 25.5 Å².